The van der Waals surface area contributed by atoms with Gasteiger partial charge in [0.2, 0.25) is 16.7 Å². The summed E-state index contributed by atoms with van der Waals surface area (Å²) < 4.78 is 14.1. The minimum atomic E-state index is -1.41. The van der Waals surface area contributed by atoms with Gasteiger partial charge in [0, 0.05) is 22.0 Å². The molecule has 3 amide bonds. The van der Waals surface area contributed by atoms with Crippen molar-refractivity contribution in [3.8, 4) is 0 Å². The number of halogens is 2. The summed E-state index contributed by atoms with van der Waals surface area (Å²) in [5.41, 5.74) is 2.85. The van der Waals surface area contributed by atoms with Crippen LogP contribution in [0.15, 0.2) is 66.7 Å². The van der Waals surface area contributed by atoms with E-state index in [0.717, 1.165) is 5.56 Å². The van der Waals surface area contributed by atoms with Crippen molar-refractivity contribution < 1.29 is 18.8 Å². The fourth-order valence-corrected chi connectivity index (χ4v) is 5.94. The zero-order valence-corrected chi connectivity index (χ0v) is 19.6. The number of thioether (sulfide) groups is 1. The molecule has 1 spiro atoms. The van der Waals surface area contributed by atoms with Crippen LogP contribution >= 0.6 is 23.4 Å². The first kappa shape index (κ1) is 22.4. The Labute approximate surface area is 204 Å². The molecule has 5 rings (SSSR count). The van der Waals surface area contributed by atoms with Crippen molar-refractivity contribution in [3.63, 3.8) is 0 Å². The summed E-state index contributed by atoms with van der Waals surface area (Å²) in [6.45, 7) is 1.63. The van der Waals surface area contributed by atoms with E-state index in [1.807, 2.05) is 19.1 Å². The number of carbonyl (C=O) groups excluding carboxylic acids is 3. The second-order valence-corrected chi connectivity index (χ2v) is 9.72. The van der Waals surface area contributed by atoms with Crippen molar-refractivity contribution in [2.24, 2.45) is 0 Å². The average Bonchev–Trinajstić information content (AvgIpc) is 3.24. The summed E-state index contributed by atoms with van der Waals surface area (Å²) in [5, 5.41) is 3.23. The average molecular weight is 496 g/mol. The largest absolute Gasteiger partial charge is 0.324 e. The Hall–Kier alpha value is -3.36. The minimum Gasteiger partial charge on any atom is -0.324 e. The van der Waals surface area contributed by atoms with Crippen molar-refractivity contribution >= 4 is 58.1 Å². The molecule has 34 heavy (non-hydrogen) atoms. The van der Waals surface area contributed by atoms with Crippen LogP contribution in [0.2, 0.25) is 5.02 Å². The van der Waals surface area contributed by atoms with Gasteiger partial charge in [-0.15, -0.1) is 11.8 Å². The Balaban J connectivity index is 1.55. The molecular weight excluding hydrogens is 477 g/mol. The third-order valence-corrected chi connectivity index (χ3v) is 7.41. The van der Waals surface area contributed by atoms with Gasteiger partial charge in [0.15, 0.2) is 0 Å². The van der Waals surface area contributed by atoms with Crippen molar-refractivity contribution in [2.45, 2.75) is 11.8 Å². The van der Waals surface area contributed by atoms with Crippen LogP contribution in [0.4, 0.5) is 21.5 Å². The van der Waals surface area contributed by atoms with Gasteiger partial charge in [-0.25, -0.2) is 4.39 Å². The molecule has 0 radical (unpaired) electrons. The smallest absolute Gasteiger partial charge is 0.269 e. The predicted molar refractivity (Wildman–Crippen MR) is 132 cm³/mol. The standard InChI is InChI=1S/C25H19ClFN3O3S/c1-15-8-9-21-20(10-15)25(30(23(32)14-34-25)19-7-3-5-17(27)12-19)24(33)29(21)13-22(31)28-18-6-2-4-16(26)11-18/h2-12H,13-14H2,1H3,(H,28,31). The summed E-state index contributed by atoms with van der Waals surface area (Å²) in [7, 11) is 0. The van der Waals surface area contributed by atoms with Gasteiger partial charge < -0.3 is 5.32 Å². The normalized spacial score (nSPS) is 19.1. The Morgan fingerprint density at radius 3 is 2.68 bits per heavy atom. The van der Waals surface area contributed by atoms with Crippen LogP contribution in [0.3, 0.4) is 0 Å². The maximum atomic E-state index is 14.1. The van der Waals surface area contributed by atoms with E-state index in [2.05, 4.69) is 5.32 Å². The van der Waals surface area contributed by atoms with E-state index in [9.17, 15) is 18.8 Å². The number of nitrogens with zero attached hydrogens (tertiary/aromatic N) is 2. The molecule has 1 unspecified atom stereocenters. The highest BCUT2D eigenvalue weighted by molar-refractivity contribution is 8.02. The number of aryl methyl sites for hydroxylation is 1. The highest BCUT2D eigenvalue weighted by Gasteiger charge is 2.61. The number of carbonyl (C=O) groups is 3. The summed E-state index contributed by atoms with van der Waals surface area (Å²) >= 11 is 7.18. The molecule has 0 aromatic heterocycles. The number of rotatable bonds is 4. The molecule has 6 nitrogen and oxygen atoms in total. The molecule has 2 heterocycles. The van der Waals surface area contributed by atoms with Crippen molar-refractivity contribution in [1.29, 1.82) is 0 Å². The summed E-state index contributed by atoms with van der Waals surface area (Å²) in [6.07, 6.45) is 0. The summed E-state index contributed by atoms with van der Waals surface area (Å²) in [6, 6.07) is 17.8. The Morgan fingerprint density at radius 2 is 1.91 bits per heavy atom. The van der Waals surface area contributed by atoms with Crippen molar-refractivity contribution in [3.05, 3.63) is 88.7 Å². The van der Waals surface area contributed by atoms with Gasteiger partial charge in [-0.3, -0.25) is 24.2 Å². The first-order chi connectivity index (χ1) is 16.3. The van der Waals surface area contributed by atoms with E-state index in [0.29, 0.717) is 27.6 Å². The van der Waals surface area contributed by atoms with Gasteiger partial charge in [-0.05, 0) is 49.4 Å². The van der Waals surface area contributed by atoms with Gasteiger partial charge >= 0.3 is 0 Å². The van der Waals surface area contributed by atoms with Crippen LogP contribution < -0.4 is 15.1 Å². The number of hydrogen-bond acceptors (Lipinski definition) is 4. The molecule has 0 aliphatic carbocycles. The first-order valence-electron chi connectivity index (χ1n) is 10.5. The molecule has 0 bridgehead atoms. The fourth-order valence-electron chi connectivity index (χ4n) is 4.40. The highest BCUT2D eigenvalue weighted by atomic mass is 35.5. The van der Waals surface area contributed by atoms with Crippen LogP contribution in [0.1, 0.15) is 11.1 Å². The summed E-state index contributed by atoms with van der Waals surface area (Å²) in [5.74, 6) is -1.59. The number of hydrogen-bond donors (Lipinski definition) is 1. The van der Waals surface area contributed by atoms with E-state index in [1.54, 1.807) is 36.4 Å². The lowest BCUT2D eigenvalue weighted by Gasteiger charge is -2.33. The molecule has 2 aliphatic heterocycles. The second-order valence-electron chi connectivity index (χ2n) is 8.11. The molecular formula is C25H19ClFN3O3S. The summed E-state index contributed by atoms with van der Waals surface area (Å²) in [4.78, 5) is 41.2. The van der Waals surface area contributed by atoms with Crippen LogP contribution in [0.25, 0.3) is 0 Å². The third kappa shape index (κ3) is 3.63. The van der Waals surface area contributed by atoms with Crippen molar-refractivity contribution in [1.82, 2.24) is 0 Å². The van der Waals surface area contributed by atoms with Gasteiger partial charge in [-0.1, -0.05) is 41.4 Å². The number of amides is 3. The van der Waals surface area contributed by atoms with Crippen LogP contribution in [-0.2, 0) is 19.3 Å². The van der Waals surface area contributed by atoms with E-state index >= 15 is 0 Å². The SMILES string of the molecule is Cc1ccc2c(c1)C1(SCC(=O)N1c1cccc(F)c1)C(=O)N2CC(=O)Nc1cccc(Cl)c1. The van der Waals surface area contributed by atoms with Crippen molar-refractivity contribution in [2.75, 3.05) is 27.4 Å². The number of benzene rings is 3. The lowest BCUT2D eigenvalue weighted by molar-refractivity contribution is -0.124. The molecule has 3 aromatic rings. The lowest BCUT2D eigenvalue weighted by Crippen LogP contribution is -2.51. The zero-order valence-electron chi connectivity index (χ0n) is 18.0. The van der Waals surface area contributed by atoms with Crippen LogP contribution in [-0.4, -0.2) is 30.0 Å². The molecule has 1 saturated heterocycles. The number of fused-ring (bicyclic) bond motifs is 2. The van der Waals surface area contributed by atoms with E-state index in [1.165, 1.54) is 39.8 Å². The van der Waals surface area contributed by atoms with E-state index < -0.39 is 22.5 Å². The predicted octanol–water partition coefficient (Wildman–Crippen LogP) is 4.71. The maximum absolute atomic E-state index is 14.1. The van der Waals surface area contributed by atoms with Gasteiger partial charge in [0.05, 0.1) is 11.4 Å². The Bertz CT molecular complexity index is 1350. The number of anilines is 3. The minimum absolute atomic E-state index is 0.0538. The maximum Gasteiger partial charge on any atom is 0.269 e. The second kappa shape index (κ2) is 8.45. The van der Waals surface area contributed by atoms with E-state index in [-0.39, 0.29) is 18.2 Å². The number of nitrogens with one attached hydrogen (secondary N) is 1. The zero-order chi connectivity index (χ0) is 24.0. The molecule has 1 atom stereocenters. The molecule has 9 heteroatoms. The van der Waals surface area contributed by atoms with Crippen LogP contribution in [0, 0.1) is 12.7 Å². The molecule has 0 saturated carbocycles. The fraction of sp³-hybridized carbons (Fsp3) is 0.160. The topological polar surface area (TPSA) is 69.7 Å². The van der Waals surface area contributed by atoms with Gasteiger partial charge in [-0.2, -0.15) is 0 Å². The first-order valence-corrected chi connectivity index (χ1v) is 11.9. The van der Waals surface area contributed by atoms with Gasteiger partial charge in [0.25, 0.3) is 5.91 Å². The third-order valence-electron chi connectivity index (χ3n) is 5.79. The van der Waals surface area contributed by atoms with Crippen LogP contribution in [0.5, 0.6) is 0 Å². The monoisotopic (exact) mass is 495 g/mol. The van der Waals surface area contributed by atoms with E-state index in [4.69, 9.17) is 11.6 Å². The highest BCUT2D eigenvalue weighted by Crippen LogP contribution is 2.55. The quantitative estimate of drug-likeness (QED) is 0.569. The van der Waals surface area contributed by atoms with Gasteiger partial charge in [0.1, 0.15) is 12.4 Å². The molecule has 3 aromatic carbocycles. The molecule has 2 aliphatic rings. The Kier molecular flexibility index (Phi) is 5.58. The lowest BCUT2D eigenvalue weighted by atomic mass is 10.0. The Morgan fingerprint density at radius 1 is 1.12 bits per heavy atom. The molecule has 172 valence electrons. The molecule has 1 N–H and O–H groups in total. The molecule has 1 fully saturated rings.